The SMILES string of the molecule is CCOC(=O)c1cc2ccc(OCCN(CC(=O)OC(C)(C)C)CC(=O)OC(C)(C)C)c(CN(CC(=O)OC(C)(C)C)CC(=O)OC(C)(C)C)c2oc1=O. The summed E-state index contributed by atoms with van der Waals surface area (Å²) in [6, 6.07) is 4.49. The van der Waals surface area contributed by atoms with E-state index in [-0.39, 0.29) is 74.9 Å². The largest absolute Gasteiger partial charge is 0.492 e. The molecule has 0 aliphatic carbocycles. The van der Waals surface area contributed by atoms with Gasteiger partial charge in [0.1, 0.15) is 45.9 Å². The molecule has 0 radical (unpaired) electrons. The van der Waals surface area contributed by atoms with Crippen molar-refractivity contribution in [2.45, 2.75) is 119 Å². The fraction of sp³-hybridized carbons (Fsp3) is 0.641. The molecule has 1 aromatic heterocycles. The maximum atomic E-state index is 13.1. The minimum atomic E-state index is -0.967. The second-order valence-corrected chi connectivity index (χ2v) is 16.7. The number of carbonyl (C=O) groups excluding carboxylic acids is 5. The summed E-state index contributed by atoms with van der Waals surface area (Å²) >= 11 is 0. The summed E-state index contributed by atoms with van der Waals surface area (Å²) in [6.07, 6.45) is 0. The Kier molecular flexibility index (Phi) is 15.8. The highest BCUT2D eigenvalue weighted by atomic mass is 16.6. The average Bonchev–Trinajstić information content (AvgIpc) is 2.93. The van der Waals surface area contributed by atoms with E-state index in [1.54, 1.807) is 102 Å². The Bertz CT molecular complexity index is 1640. The van der Waals surface area contributed by atoms with Gasteiger partial charge in [0.25, 0.3) is 0 Å². The van der Waals surface area contributed by atoms with Gasteiger partial charge in [0.05, 0.1) is 38.3 Å². The van der Waals surface area contributed by atoms with Gasteiger partial charge in [0.15, 0.2) is 0 Å². The first-order valence-electron chi connectivity index (χ1n) is 17.9. The highest BCUT2D eigenvalue weighted by Crippen LogP contribution is 2.30. The van der Waals surface area contributed by atoms with Crippen LogP contribution in [0, 0.1) is 0 Å². The first-order valence-corrected chi connectivity index (χ1v) is 17.9. The average molecular weight is 763 g/mol. The molecule has 1 aromatic carbocycles. The summed E-state index contributed by atoms with van der Waals surface area (Å²) in [5, 5.41) is 0.339. The van der Waals surface area contributed by atoms with Crippen LogP contribution in [0.15, 0.2) is 27.4 Å². The standard InChI is InChI=1S/C39H58N2O13/c1-14-48-34(46)26-19-25-15-16-28(49-18-17-40(21-29(42)51-36(2,3)4)22-30(43)52-37(5,6)7)27(33(25)50-35(26)47)20-41(23-31(44)53-38(8,9)10)24-32(45)54-39(11,12)13/h15-16,19H,14,17-18,20-24H2,1-13H3. The molecule has 0 spiro atoms. The van der Waals surface area contributed by atoms with Crippen LogP contribution in [0.3, 0.4) is 0 Å². The normalized spacial score (nSPS) is 12.4. The van der Waals surface area contributed by atoms with E-state index in [1.807, 2.05) is 0 Å². The molecular formula is C39H58N2O13. The van der Waals surface area contributed by atoms with Crippen molar-refractivity contribution in [2.75, 3.05) is 45.9 Å². The molecule has 0 unspecified atom stereocenters. The van der Waals surface area contributed by atoms with Gasteiger partial charge in [-0.1, -0.05) is 0 Å². The lowest BCUT2D eigenvalue weighted by Gasteiger charge is -2.27. The molecule has 0 atom stereocenters. The molecule has 0 fully saturated rings. The van der Waals surface area contributed by atoms with Gasteiger partial charge >= 0.3 is 35.5 Å². The van der Waals surface area contributed by atoms with Crippen LogP contribution >= 0.6 is 0 Å². The van der Waals surface area contributed by atoms with Crippen LogP contribution in [0.2, 0.25) is 0 Å². The zero-order valence-electron chi connectivity index (χ0n) is 34.1. The third-order valence-electron chi connectivity index (χ3n) is 6.60. The molecule has 2 rings (SSSR count). The monoisotopic (exact) mass is 762 g/mol. The van der Waals surface area contributed by atoms with E-state index in [1.165, 1.54) is 15.9 Å². The Morgan fingerprint density at radius 1 is 0.648 bits per heavy atom. The van der Waals surface area contributed by atoms with Gasteiger partial charge in [0, 0.05) is 18.5 Å². The Morgan fingerprint density at radius 3 is 1.48 bits per heavy atom. The molecule has 1 heterocycles. The molecule has 0 saturated heterocycles. The third kappa shape index (κ3) is 17.1. The summed E-state index contributed by atoms with van der Waals surface area (Å²) in [7, 11) is 0. The zero-order valence-corrected chi connectivity index (χ0v) is 34.1. The number of fused-ring (bicyclic) bond motifs is 1. The van der Waals surface area contributed by atoms with Crippen LogP contribution in [0.5, 0.6) is 5.75 Å². The maximum absolute atomic E-state index is 13.1. The van der Waals surface area contributed by atoms with Crippen molar-refractivity contribution in [2.24, 2.45) is 0 Å². The minimum absolute atomic E-state index is 0.0308. The van der Waals surface area contributed by atoms with Gasteiger partial charge in [-0.2, -0.15) is 0 Å². The second kappa shape index (κ2) is 18.7. The van der Waals surface area contributed by atoms with Crippen molar-refractivity contribution in [1.82, 2.24) is 9.80 Å². The number of hydrogen-bond acceptors (Lipinski definition) is 15. The molecule has 2 aromatic rings. The van der Waals surface area contributed by atoms with Crippen molar-refractivity contribution in [1.29, 1.82) is 0 Å². The zero-order chi connectivity index (χ0) is 41.2. The van der Waals surface area contributed by atoms with Gasteiger partial charge in [-0.3, -0.25) is 29.0 Å². The molecule has 0 bridgehead atoms. The molecule has 15 heteroatoms. The Labute approximate surface area is 317 Å². The number of carbonyl (C=O) groups is 5. The molecule has 0 amide bonds. The summed E-state index contributed by atoms with van der Waals surface area (Å²) in [6.45, 7) is 20.9. The maximum Gasteiger partial charge on any atom is 0.351 e. The quantitative estimate of drug-likeness (QED) is 0.129. The summed E-state index contributed by atoms with van der Waals surface area (Å²) in [5.74, 6) is -3.03. The van der Waals surface area contributed by atoms with Crippen molar-refractivity contribution >= 4 is 40.8 Å². The van der Waals surface area contributed by atoms with Crippen LogP contribution in [0.4, 0.5) is 0 Å². The Balaban J connectivity index is 2.59. The van der Waals surface area contributed by atoms with Gasteiger partial charge < -0.3 is 32.8 Å². The molecule has 0 aliphatic heterocycles. The topological polar surface area (TPSA) is 177 Å². The Hall–Kier alpha value is -4.50. The van der Waals surface area contributed by atoms with Crippen molar-refractivity contribution < 1.29 is 56.8 Å². The van der Waals surface area contributed by atoms with Gasteiger partial charge in [-0.15, -0.1) is 0 Å². The van der Waals surface area contributed by atoms with E-state index in [2.05, 4.69) is 0 Å². The first-order chi connectivity index (χ1) is 24.6. The number of ether oxygens (including phenoxy) is 6. The van der Waals surface area contributed by atoms with Crippen LogP contribution < -0.4 is 10.4 Å². The van der Waals surface area contributed by atoms with E-state index >= 15 is 0 Å². The lowest BCUT2D eigenvalue weighted by Crippen LogP contribution is -2.41. The van der Waals surface area contributed by atoms with E-state index in [0.29, 0.717) is 5.39 Å². The van der Waals surface area contributed by atoms with Crippen LogP contribution in [0.25, 0.3) is 11.0 Å². The number of nitrogens with zero attached hydrogens (tertiary/aromatic N) is 2. The third-order valence-corrected chi connectivity index (χ3v) is 6.60. The lowest BCUT2D eigenvalue weighted by molar-refractivity contribution is -0.162. The van der Waals surface area contributed by atoms with E-state index < -0.39 is 57.9 Å². The molecule has 54 heavy (non-hydrogen) atoms. The van der Waals surface area contributed by atoms with E-state index in [0.717, 1.165) is 0 Å². The van der Waals surface area contributed by atoms with Gasteiger partial charge in [-0.05, 0) is 108 Å². The second-order valence-electron chi connectivity index (χ2n) is 16.7. The van der Waals surface area contributed by atoms with Crippen molar-refractivity contribution in [3.05, 3.63) is 39.7 Å². The summed E-state index contributed by atoms with van der Waals surface area (Å²) in [4.78, 5) is 80.3. The molecular weight excluding hydrogens is 704 g/mol. The first kappa shape index (κ1) is 45.7. The van der Waals surface area contributed by atoms with Crippen molar-refractivity contribution in [3.63, 3.8) is 0 Å². The van der Waals surface area contributed by atoms with Crippen LogP contribution in [-0.4, -0.2) is 108 Å². The smallest absolute Gasteiger partial charge is 0.351 e. The molecule has 0 saturated carbocycles. The summed E-state index contributed by atoms with van der Waals surface area (Å²) in [5.41, 5.74) is -4.14. The van der Waals surface area contributed by atoms with Gasteiger partial charge in [0.2, 0.25) is 0 Å². The highest BCUT2D eigenvalue weighted by molar-refractivity contribution is 5.94. The number of benzene rings is 1. The molecule has 15 nitrogen and oxygen atoms in total. The van der Waals surface area contributed by atoms with Crippen LogP contribution in [-0.2, 0) is 49.4 Å². The lowest BCUT2D eigenvalue weighted by atomic mass is 10.1. The summed E-state index contributed by atoms with van der Waals surface area (Å²) < 4.78 is 39.0. The Morgan fingerprint density at radius 2 is 1.07 bits per heavy atom. The minimum Gasteiger partial charge on any atom is -0.492 e. The molecule has 302 valence electrons. The molecule has 0 aliphatic rings. The fourth-order valence-corrected chi connectivity index (χ4v) is 4.98. The number of rotatable bonds is 16. The van der Waals surface area contributed by atoms with Gasteiger partial charge in [-0.25, -0.2) is 9.59 Å². The highest BCUT2D eigenvalue weighted by Gasteiger charge is 2.28. The predicted octanol–water partition coefficient (Wildman–Crippen LogP) is 4.82. The number of esters is 5. The molecule has 0 N–H and O–H groups in total. The van der Waals surface area contributed by atoms with Crippen LogP contribution in [0.1, 0.15) is 106 Å². The van der Waals surface area contributed by atoms with E-state index in [9.17, 15) is 28.8 Å². The van der Waals surface area contributed by atoms with E-state index in [4.69, 9.17) is 32.8 Å². The predicted molar refractivity (Wildman–Crippen MR) is 199 cm³/mol. The number of hydrogen-bond donors (Lipinski definition) is 0. The van der Waals surface area contributed by atoms with Crippen molar-refractivity contribution in [3.8, 4) is 5.75 Å². The fourth-order valence-electron chi connectivity index (χ4n) is 4.98.